The van der Waals surface area contributed by atoms with Crippen molar-refractivity contribution in [3.05, 3.63) is 0 Å². The van der Waals surface area contributed by atoms with Crippen LogP contribution in [0.3, 0.4) is 0 Å². The summed E-state index contributed by atoms with van der Waals surface area (Å²) in [5.74, 6) is 0.213. The molecule has 0 heterocycles. The summed E-state index contributed by atoms with van der Waals surface area (Å²) in [6.45, 7) is 4.95. The molecule has 0 fully saturated rings. The van der Waals surface area contributed by atoms with E-state index >= 15 is 0 Å². The number of hydrogen-bond donors (Lipinski definition) is 2. The van der Waals surface area contributed by atoms with Crippen molar-refractivity contribution in [2.75, 3.05) is 13.6 Å². The van der Waals surface area contributed by atoms with Gasteiger partial charge in [-0.2, -0.15) is 0 Å². The molecular weight excluding hydrogens is 180 g/mol. The van der Waals surface area contributed by atoms with Gasteiger partial charge in [0, 0.05) is 13.6 Å². The van der Waals surface area contributed by atoms with Crippen LogP contribution in [-0.4, -0.2) is 25.4 Å². The third kappa shape index (κ3) is 7.58. The largest absolute Gasteiger partial charge is 0.359 e. The van der Waals surface area contributed by atoms with Crippen LogP contribution in [0.1, 0.15) is 33.1 Å². The topological polar surface area (TPSA) is 58.2 Å². The maximum absolute atomic E-state index is 11.1. The molecule has 0 aliphatic carbocycles. The lowest BCUT2D eigenvalue weighted by Crippen LogP contribution is -2.30. The number of carbonyl (C=O) groups excluding carboxylic acids is 2. The van der Waals surface area contributed by atoms with Gasteiger partial charge in [-0.1, -0.05) is 13.8 Å². The highest BCUT2D eigenvalue weighted by Gasteiger charge is 2.06. The van der Waals surface area contributed by atoms with Crippen LogP contribution in [0, 0.1) is 5.92 Å². The second kappa shape index (κ2) is 7.35. The Kier molecular flexibility index (Phi) is 6.80. The van der Waals surface area contributed by atoms with Crippen LogP contribution in [0.25, 0.3) is 0 Å². The van der Waals surface area contributed by atoms with E-state index in [1.165, 1.54) is 7.05 Å². The van der Waals surface area contributed by atoms with Crippen molar-refractivity contribution in [1.29, 1.82) is 0 Å². The number of amides is 2. The van der Waals surface area contributed by atoms with E-state index in [1.807, 2.05) is 0 Å². The Balaban J connectivity index is 3.40. The molecule has 4 heteroatoms. The molecule has 0 aliphatic heterocycles. The molecule has 2 N–H and O–H groups in total. The maximum atomic E-state index is 11.1. The van der Waals surface area contributed by atoms with Crippen molar-refractivity contribution < 1.29 is 9.59 Å². The SMILES string of the molecule is CNC(=O)CC(=O)NCCCC(C)C. The summed E-state index contributed by atoms with van der Waals surface area (Å²) in [5, 5.41) is 5.11. The van der Waals surface area contributed by atoms with E-state index in [1.54, 1.807) is 0 Å². The fourth-order valence-electron chi connectivity index (χ4n) is 1.03. The van der Waals surface area contributed by atoms with Crippen LogP contribution < -0.4 is 10.6 Å². The minimum atomic E-state index is -0.244. The molecule has 2 amide bonds. The van der Waals surface area contributed by atoms with Crippen LogP contribution in [0.15, 0.2) is 0 Å². The minimum absolute atomic E-state index is 0.0713. The lowest BCUT2D eigenvalue weighted by atomic mass is 10.1. The molecule has 0 saturated carbocycles. The van der Waals surface area contributed by atoms with Gasteiger partial charge in [0.25, 0.3) is 0 Å². The minimum Gasteiger partial charge on any atom is -0.359 e. The second-order valence-electron chi connectivity index (χ2n) is 3.74. The Morgan fingerprint density at radius 1 is 1.21 bits per heavy atom. The zero-order valence-electron chi connectivity index (χ0n) is 9.22. The summed E-state index contributed by atoms with van der Waals surface area (Å²) in [6, 6.07) is 0. The monoisotopic (exact) mass is 200 g/mol. The van der Waals surface area contributed by atoms with Crippen molar-refractivity contribution in [3.8, 4) is 0 Å². The summed E-state index contributed by atoms with van der Waals surface area (Å²) in [5.41, 5.74) is 0. The lowest BCUT2D eigenvalue weighted by molar-refractivity contribution is -0.129. The van der Waals surface area contributed by atoms with E-state index in [9.17, 15) is 9.59 Å². The molecule has 0 aromatic rings. The first-order valence-electron chi connectivity index (χ1n) is 5.03. The average Bonchev–Trinajstić information content (AvgIpc) is 2.12. The molecule has 0 aromatic heterocycles. The molecule has 0 spiro atoms. The number of nitrogens with one attached hydrogen (secondary N) is 2. The number of rotatable bonds is 6. The van der Waals surface area contributed by atoms with Gasteiger partial charge in [0.15, 0.2) is 0 Å². The van der Waals surface area contributed by atoms with E-state index in [0.29, 0.717) is 12.5 Å². The standard InChI is InChI=1S/C10H20N2O2/c1-8(2)5-4-6-12-10(14)7-9(13)11-3/h8H,4-7H2,1-3H3,(H,11,13)(H,12,14). The molecule has 0 aromatic carbocycles. The molecule has 0 radical (unpaired) electrons. The molecule has 4 nitrogen and oxygen atoms in total. The summed E-state index contributed by atoms with van der Waals surface area (Å²) in [6.07, 6.45) is 2.00. The van der Waals surface area contributed by atoms with Gasteiger partial charge in [0.1, 0.15) is 6.42 Å². The molecular formula is C10H20N2O2. The lowest BCUT2D eigenvalue weighted by Gasteiger charge is -2.06. The van der Waals surface area contributed by atoms with Crippen molar-refractivity contribution in [1.82, 2.24) is 10.6 Å². The highest BCUT2D eigenvalue weighted by atomic mass is 16.2. The van der Waals surface area contributed by atoms with Crippen LogP contribution in [0.2, 0.25) is 0 Å². The fourth-order valence-corrected chi connectivity index (χ4v) is 1.03. The Labute approximate surface area is 85.4 Å². The second-order valence-corrected chi connectivity index (χ2v) is 3.74. The first kappa shape index (κ1) is 12.9. The van der Waals surface area contributed by atoms with Gasteiger partial charge in [0.05, 0.1) is 0 Å². The zero-order valence-corrected chi connectivity index (χ0v) is 9.22. The first-order chi connectivity index (χ1) is 6.56. The third-order valence-electron chi connectivity index (χ3n) is 1.88. The van der Waals surface area contributed by atoms with Gasteiger partial charge in [-0.25, -0.2) is 0 Å². The fraction of sp³-hybridized carbons (Fsp3) is 0.800. The predicted octanol–water partition coefficient (Wildman–Crippen LogP) is 0.675. The molecule has 0 rings (SSSR count). The van der Waals surface area contributed by atoms with E-state index in [0.717, 1.165) is 12.8 Å². The molecule has 0 atom stereocenters. The normalized spacial score (nSPS) is 10.0. The maximum Gasteiger partial charge on any atom is 0.229 e. The van der Waals surface area contributed by atoms with Gasteiger partial charge >= 0.3 is 0 Å². The van der Waals surface area contributed by atoms with Gasteiger partial charge in [-0.15, -0.1) is 0 Å². The zero-order chi connectivity index (χ0) is 11.0. The van der Waals surface area contributed by atoms with Crippen LogP contribution in [0.5, 0.6) is 0 Å². The quantitative estimate of drug-likeness (QED) is 0.489. The Bertz CT molecular complexity index is 191. The van der Waals surface area contributed by atoms with Crippen molar-refractivity contribution >= 4 is 11.8 Å². The smallest absolute Gasteiger partial charge is 0.229 e. The van der Waals surface area contributed by atoms with Crippen LogP contribution in [-0.2, 0) is 9.59 Å². The van der Waals surface area contributed by atoms with E-state index < -0.39 is 0 Å². The van der Waals surface area contributed by atoms with E-state index in [-0.39, 0.29) is 18.2 Å². The van der Waals surface area contributed by atoms with Gasteiger partial charge in [0.2, 0.25) is 11.8 Å². The van der Waals surface area contributed by atoms with Crippen molar-refractivity contribution in [2.24, 2.45) is 5.92 Å². The molecule has 82 valence electrons. The van der Waals surface area contributed by atoms with Crippen LogP contribution in [0.4, 0.5) is 0 Å². The summed E-state index contributed by atoms with van der Waals surface area (Å²) in [7, 11) is 1.52. The average molecular weight is 200 g/mol. The number of hydrogen-bond acceptors (Lipinski definition) is 2. The first-order valence-corrected chi connectivity index (χ1v) is 5.03. The summed E-state index contributed by atoms with van der Waals surface area (Å²) in [4.78, 5) is 21.9. The molecule has 0 aliphatic rings. The number of carbonyl (C=O) groups is 2. The van der Waals surface area contributed by atoms with Crippen LogP contribution >= 0.6 is 0 Å². The van der Waals surface area contributed by atoms with Gasteiger partial charge in [-0.3, -0.25) is 9.59 Å². The van der Waals surface area contributed by atoms with E-state index in [4.69, 9.17) is 0 Å². The molecule has 0 bridgehead atoms. The molecule has 0 saturated heterocycles. The Morgan fingerprint density at radius 2 is 1.86 bits per heavy atom. The third-order valence-corrected chi connectivity index (χ3v) is 1.88. The van der Waals surface area contributed by atoms with Gasteiger partial charge in [-0.05, 0) is 18.8 Å². The highest BCUT2D eigenvalue weighted by molar-refractivity contribution is 5.96. The van der Waals surface area contributed by atoms with Crippen molar-refractivity contribution in [3.63, 3.8) is 0 Å². The molecule has 0 unspecified atom stereocenters. The summed E-state index contributed by atoms with van der Waals surface area (Å²) < 4.78 is 0. The summed E-state index contributed by atoms with van der Waals surface area (Å²) >= 11 is 0. The van der Waals surface area contributed by atoms with E-state index in [2.05, 4.69) is 24.5 Å². The van der Waals surface area contributed by atoms with Crippen molar-refractivity contribution in [2.45, 2.75) is 33.1 Å². The van der Waals surface area contributed by atoms with Gasteiger partial charge < -0.3 is 10.6 Å². The predicted molar refractivity (Wildman–Crippen MR) is 55.8 cm³/mol. The molecule has 14 heavy (non-hydrogen) atoms. The Hall–Kier alpha value is -1.06. The highest BCUT2D eigenvalue weighted by Crippen LogP contribution is 2.01. The Morgan fingerprint density at radius 3 is 2.36 bits per heavy atom.